The van der Waals surface area contributed by atoms with Crippen LogP contribution in [0.4, 0.5) is 0 Å². The first-order valence-corrected chi connectivity index (χ1v) is 7.14. The Hall–Kier alpha value is -2.30. The average Bonchev–Trinajstić information content (AvgIpc) is 3.26. The average molecular weight is 285 g/mol. The second kappa shape index (κ2) is 5.60. The Morgan fingerprint density at radius 1 is 1.38 bits per heavy atom. The monoisotopic (exact) mass is 285 g/mol. The number of aromatic nitrogens is 2. The van der Waals surface area contributed by atoms with Crippen molar-refractivity contribution in [3.05, 3.63) is 36.0 Å². The molecule has 1 aromatic heterocycles. The lowest BCUT2D eigenvalue weighted by atomic mass is 10.1. The first-order valence-electron chi connectivity index (χ1n) is 7.14. The molecule has 2 aromatic rings. The van der Waals surface area contributed by atoms with Gasteiger partial charge in [-0.2, -0.15) is 5.10 Å². The number of nitrogens with one attached hydrogen (secondary N) is 1. The van der Waals surface area contributed by atoms with Crippen LogP contribution in [-0.4, -0.2) is 29.3 Å². The minimum atomic E-state index is -0.0586. The zero-order chi connectivity index (χ0) is 14.8. The van der Waals surface area contributed by atoms with Gasteiger partial charge in [-0.25, -0.2) is 0 Å². The van der Waals surface area contributed by atoms with E-state index in [-0.39, 0.29) is 5.91 Å². The van der Waals surface area contributed by atoms with E-state index in [4.69, 9.17) is 4.74 Å². The number of hydrogen-bond acceptors (Lipinski definition) is 3. The van der Waals surface area contributed by atoms with Crippen molar-refractivity contribution in [2.75, 3.05) is 13.7 Å². The number of aryl methyl sites for hydroxylation is 1. The number of carbonyl (C=O) groups is 1. The first kappa shape index (κ1) is 13.7. The van der Waals surface area contributed by atoms with Crippen molar-refractivity contribution in [1.29, 1.82) is 0 Å². The summed E-state index contributed by atoms with van der Waals surface area (Å²) in [4.78, 5) is 12.2. The minimum absolute atomic E-state index is 0.0586. The van der Waals surface area contributed by atoms with Crippen LogP contribution < -0.4 is 10.1 Å². The van der Waals surface area contributed by atoms with E-state index in [1.165, 1.54) is 12.8 Å². The van der Waals surface area contributed by atoms with Gasteiger partial charge in [0.05, 0.1) is 12.8 Å². The molecule has 1 N–H and O–H groups in total. The number of ether oxygens (including phenoxy) is 1. The lowest BCUT2D eigenvalue weighted by Gasteiger charge is -2.03. The van der Waals surface area contributed by atoms with Crippen LogP contribution in [0.5, 0.6) is 5.75 Å². The van der Waals surface area contributed by atoms with Gasteiger partial charge in [0.1, 0.15) is 11.4 Å². The summed E-state index contributed by atoms with van der Waals surface area (Å²) in [5.41, 5.74) is 2.34. The quantitative estimate of drug-likeness (QED) is 0.916. The van der Waals surface area contributed by atoms with Crippen LogP contribution in [0.25, 0.3) is 11.3 Å². The van der Waals surface area contributed by atoms with Gasteiger partial charge in [-0.05, 0) is 49.1 Å². The largest absolute Gasteiger partial charge is 0.497 e. The summed E-state index contributed by atoms with van der Waals surface area (Å²) in [5.74, 6) is 1.41. The Labute approximate surface area is 123 Å². The molecule has 0 unspecified atom stereocenters. The van der Waals surface area contributed by atoms with Gasteiger partial charge in [0.2, 0.25) is 0 Å². The number of benzene rings is 1. The van der Waals surface area contributed by atoms with Gasteiger partial charge in [0.15, 0.2) is 0 Å². The van der Waals surface area contributed by atoms with Crippen molar-refractivity contribution in [3.8, 4) is 17.0 Å². The highest BCUT2D eigenvalue weighted by atomic mass is 16.5. The fourth-order valence-electron chi connectivity index (χ4n) is 2.23. The molecule has 5 heteroatoms. The van der Waals surface area contributed by atoms with Crippen LogP contribution in [0.1, 0.15) is 23.3 Å². The van der Waals surface area contributed by atoms with Crippen LogP contribution >= 0.6 is 0 Å². The highest BCUT2D eigenvalue weighted by Crippen LogP contribution is 2.27. The Bertz CT molecular complexity index is 642. The maximum absolute atomic E-state index is 12.2. The molecule has 0 bridgehead atoms. The van der Waals surface area contributed by atoms with Gasteiger partial charge in [-0.15, -0.1) is 0 Å². The molecule has 5 nitrogen and oxygen atoms in total. The molecule has 1 saturated carbocycles. The summed E-state index contributed by atoms with van der Waals surface area (Å²) in [6, 6.07) is 9.47. The number of rotatable bonds is 5. The van der Waals surface area contributed by atoms with E-state index in [2.05, 4.69) is 10.4 Å². The highest BCUT2D eigenvalue weighted by Gasteiger charge is 2.23. The number of hydrogen-bond donors (Lipinski definition) is 1. The lowest BCUT2D eigenvalue weighted by Crippen LogP contribution is -2.27. The minimum Gasteiger partial charge on any atom is -0.497 e. The Morgan fingerprint density at radius 2 is 2.10 bits per heavy atom. The fourth-order valence-corrected chi connectivity index (χ4v) is 2.23. The Balaban J connectivity index is 1.77. The third kappa shape index (κ3) is 3.07. The molecule has 1 amide bonds. The van der Waals surface area contributed by atoms with Gasteiger partial charge >= 0.3 is 0 Å². The Morgan fingerprint density at radius 3 is 2.71 bits per heavy atom. The normalized spacial score (nSPS) is 14.0. The zero-order valence-corrected chi connectivity index (χ0v) is 12.3. The lowest BCUT2D eigenvalue weighted by molar-refractivity contribution is 0.0942. The van der Waals surface area contributed by atoms with E-state index in [1.807, 2.05) is 30.3 Å². The molecule has 1 fully saturated rings. The standard InChI is InChI=1S/C16H19N3O2/c1-19-15(16(20)17-10-11-3-4-11)9-14(18-19)12-5-7-13(21-2)8-6-12/h5-9,11H,3-4,10H2,1-2H3,(H,17,20). The van der Waals surface area contributed by atoms with E-state index in [1.54, 1.807) is 18.8 Å². The number of carbonyl (C=O) groups excluding carboxylic acids is 1. The first-order chi connectivity index (χ1) is 10.2. The number of amides is 1. The molecule has 1 heterocycles. The van der Waals surface area contributed by atoms with Gasteiger partial charge < -0.3 is 10.1 Å². The molecule has 0 saturated heterocycles. The third-order valence-electron chi connectivity index (χ3n) is 3.75. The molecule has 3 rings (SSSR count). The van der Waals surface area contributed by atoms with E-state index in [9.17, 15) is 4.79 Å². The fraction of sp³-hybridized carbons (Fsp3) is 0.375. The summed E-state index contributed by atoms with van der Waals surface area (Å²) >= 11 is 0. The third-order valence-corrected chi connectivity index (χ3v) is 3.75. The summed E-state index contributed by atoms with van der Waals surface area (Å²) in [5, 5.41) is 7.38. The van der Waals surface area contributed by atoms with Crippen LogP contribution in [0, 0.1) is 5.92 Å². The van der Waals surface area contributed by atoms with E-state index < -0.39 is 0 Å². The summed E-state index contributed by atoms with van der Waals surface area (Å²) < 4.78 is 6.77. The zero-order valence-electron chi connectivity index (χ0n) is 12.3. The second-order valence-corrected chi connectivity index (χ2v) is 5.42. The van der Waals surface area contributed by atoms with Crippen LogP contribution in [-0.2, 0) is 7.05 Å². The predicted octanol–water partition coefficient (Wildman–Crippen LogP) is 2.24. The number of nitrogens with zero attached hydrogens (tertiary/aromatic N) is 2. The SMILES string of the molecule is COc1ccc(-c2cc(C(=O)NCC3CC3)n(C)n2)cc1. The molecule has 1 aromatic carbocycles. The maximum atomic E-state index is 12.2. The van der Waals surface area contributed by atoms with Crippen LogP contribution in [0.15, 0.2) is 30.3 Å². The van der Waals surface area contributed by atoms with Crippen molar-refractivity contribution in [2.24, 2.45) is 13.0 Å². The molecular formula is C16H19N3O2. The summed E-state index contributed by atoms with van der Waals surface area (Å²) in [6.07, 6.45) is 2.45. The predicted molar refractivity (Wildman–Crippen MR) is 80.3 cm³/mol. The van der Waals surface area contributed by atoms with E-state index in [0.717, 1.165) is 23.6 Å². The van der Waals surface area contributed by atoms with Gasteiger partial charge in [-0.3, -0.25) is 9.48 Å². The highest BCUT2D eigenvalue weighted by molar-refractivity contribution is 5.93. The van der Waals surface area contributed by atoms with E-state index >= 15 is 0 Å². The van der Waals surface area contributed by atoms with Crippen molar-refractivity contribution in [2.45, 2.75) is 12.8 Å². The van der Waals surface area contributed by atoms with Crippen molar-refractivity contribution < 1.29 is 9.53 Å². The smallest absolute Gasteiger partial charge is 0.269 e. The molecule has 0 atom stereocenters. The van der Waals surface area contributed by atoms with Crippen molar-refractivity contribution >= 4 is 5.91 Å². The van der Waals surface area contributed by atoms with Gasteiger partial charge in [0.25, 0.3) is 5.91 Å². The molecule has 1 aliphatic rings. The van der Waals surface area contributed by atoms with Crippen LogP contribution in [0.2, 0.25) is 0 Å². The van der Waals surface area contributed by atoms with Crippen molar-refractivity contribution in [1.82, 2.24) is 15.1 Å². The molecular weight excluding hydrogens is 266 g/mol. The molecule has 0 spiro atoms. The van der Waals surface area contributed by atoms with Crippen LogP contribution in [0.3, 0.4) is 0 Å². The molecule has 110 valence electrons. The van der Waals surface area contributed by atoms with Gasteiger partial charge in [-0.1, -0.05) is 0 Å². The summed E-state index contributed by atoms with van der Waals surface area (Å²) in [6.45, 7) is 0.766. The molecule has 0 radical (unpaired) electrons. The molecule has 0 aliphatic heterocycles. The topological polar surface area (TPSA) is 56.1 Å². The second-order valence-electron chi connectivity index (χ2n) is 5.42. The van der Waals surface area contributed by atoms with Gasteiger partial charge in [0, 0.05) is 19.2 Å². The molecule has 1 aliphatic carbocycles. The molecule has 21 heavy (non-hydrogen) atoms. The summed E-state index contributed by atoms with van der Waals surface area (Å²) in [7, 11) is 3.43. The Kier molecular flexibility index (Phi) is 3.64. The van der Waals surface area contributed by atoms with Crippen molar-refractivity contribution in [3.63, 3.8) is 0 Å². The maximum Gasteiger partial charge on any atom is 0.269 e. The number of methoxy groups -OCH3 is 1. The van der Waals surface area contributed by atoms with E-state index in [0.29, 0.717) is 11.6 Å².